The lowest BCUT2D eigenvalue weighted by atomic mass is 10.1. The predicted molar refractivity (Wildman–Crippen MR) is 106 cm³/mol. The molecule has 10 heteroatoms. The number of hydrogen-bond acceptors (Lipinski definition) is 8. The second-order valence-electron chi connectivity index (χ2n) is 5.97. The lowest BCUT2D eigenvalue weighted by Crippen LogP contribution is -2.44. The molecule has 0 aliphatic rings. The predicted octanol–water partition coefficient (Wildman–Crippen LogP) is 1.03. The molecule has 0 aliphatic carbocycles. The number of imidazole rings is 1. The highest BCUT2D eigenvalue weighted by atomic mass is 32.2. The molecule has 2 aromatic heterocycles. The third-order valence-electron chi connectivity index (χ3n) is 4.06. The zero-order valence-corrected chi connectivity index (χ0v) is 16.3. The van der Waals surface area contributed by atoms with Gasteiger partial charge in [0.15, 0.2) is 5.65 Å². The minimum atomic E-state index is -0.795. The molecule has 2 heterocycles. The maximum atomic E-state index is 12.6. The SMILES string of the molecule is COC(=O)[C@@H](Cc1ccccc1)NC(=O)Cn1cnc2c(SC)nc(N)nc21. The second kappa shape index (κ2) is 8.70. The molecule has 0 radical (unpaired) electrons. The minimum Gasteiger partial charge on any atom is -0.467 e. The highest BCUT2D eigenvalue weighted by molar-refractivity contribution is 7.98. The molecule has 0 fully saturated rings. The number of aromatic nitrogens is 4. The molecule has 1 amide bonds. The first-order valence-corrected chi connectivity index (χ1v) is 9.67. The first-order chi connectivity index (χ1) is 13.5. The lowest BCUT2D eigenvalue weighted by Gasteiger charge is -2.17. The van der Waals surface area contributed by atoms with Gasteiger partial charge in [0.2, 0.25) is 11.9 Å². The minimum absolute atomic E-state index is 0.0664. The Balaban J connectivity index is 1.77. The van der Waals surface area contributed by atoms with Gasteiger partial charge in [-0.25, -0.2) is 14.8 Å². The molecule has 146 valence electrons. The van der Waals surface area contributed by atoms with E-state index in [1.54, 1.807) is 4.57 Å². The molecule has 0 saturated carbocycles. The lowest BCUT2D eigenvalue weighted by molar-refractivity contribution is -0.145. The summed E-state index contributed by atoms with van der Waals surface area (Å²) in [7, 11) is 1.29. The van der Waals surface area contributed by atoms with Crippen molar-refractivity contribution in [3.8, 4) is 0 Å². The fraction of sp³-hybridized carbons (Fsp3) is 0.278. The van der Waals surface area contributed by atoms with E-state index in [9.17, 15) is 9.59 Å². The molecule has 3 rings (SSSR count). The van der Waals surface area contributed by atoms with Crippen LogP contribution < -0.4 is 11.1 Å². The Kier molecular flexibility index (Phi) is 6.09. The molecule has 9 nitrogen and oxygen atoms in total. The van der Waals surface area contributed by atoms with Crippen molar-refractivity contribution in [1.29, 1.82) is 0 Å². The number of nitrogens with one attached hydrogen (secondary N) is 1. The van der Waals surface area contributed by atoms with Gasteiger partial charge < -0.3 is 20.4 Å². The first kappa shape index (κ1) is 19.6. The van der Waals surface area contributed by atoms with E-state index in [1.807, 2.05) is 36.6 Å². The number of nitrogens with two attached hydrogens (primary N) is 1. The maximum absolute atomic E-state index is 12.6. The third-order valence-corrected chi connectivity index (χ3v) is 4.73. The van der Waals surface area contributed by atoms with Gasteiger partial charge in [0.25, 0.3) is 0 Å². The number of carbonyl (C=O) groups is 2. The summed E-state index contributed by atoms with van der Waals surface area (Å²) < 4.78 is 6.39. The molecule has 3 N–H and O–H groups in total. The van der Waals surface area contributed by atoms with Crippen LogP contribution in [0.5, 0.6) is 0 Å². The number of methoxy groups -OCH3 is 1. The Morgan fingerprint density at radius 2 is 2.04 bits per heavy atom. The van der Waals surface area contributed by atoms with E-state index in [-0.39, 0.29) is 18.4 Å². The van der Waals surface area contributed by atoms with Gasteiger partial charge in [0, 0.05) is 6.42 Å². The summed E-state index contributed by atoms with van der Waals surface area (Å²) in [4.78, 5) is 37.2. The van der Waals surface area contributed by atoms with E-state index < -0.39 is 12.0 Å². The summed E-state index contributed by atoms with van der Waals surface area (Å²) in [6, 6.07) is 8.60. The molecule has 0 aliphatic heterocycles. The van der Waals surface area contributed by atoms with Crippen LogP contribution in [-0.4, -0.2) is 50.8 Å². The fourth-order valence-corrected chi connectivity index (χ4v) is 3.29. The monoisotopic (exact) mass is 400 g/mol. The van der Waals surface area contributed by atoms with Crippen LogP contribution in [0, 0.1) is 0 Å². The number of thioether (sulfide) groups is 1. The average Bonchev–Trinajstić information content (AvgIpc) is 3.09. The van der Waals surface area contributed by atoms with Crippen molar-refractivity contribution in [1.82, 2.24) is 24.8 Å². The van der Waals surface area contributed by atoms with E-state index in [0.29, 0.717) is 22.6 Å². The van der Waals surface area contributed by atoms with Crippen molar-refractivity contribution in [3.63, 3.8) is 0 Å². The molecule has 1 aromatic carbocycles. The number of ether oxygens (including phenoxy) is 1. The van der Waals surface area contributed by atoms with E-state index in [0.717, 1.165) is 5.56 Å². The van der Waals surface area contributed by atoms with Crippen LogP contribution in [0.2, 0.25) is 0 Å². The van der Waals surface area contributed by atoms with Gasteiger partial charge in [-0.1, -0.05) is 30.3 Å². The van der Waals surface area contributed by atoms with E-state index in [2.05, 4.69) is 20.3 Å². The molecule has 0 unspecified atom stereocenters. The van der Waals surface area contributed by atoms with Crippen LogP contribution in [-0.2, 0) is 27.3 Å². The second-order valence-corrected chi connectivity index (χ2v) is 6.76. The van der Waals surface area contributed by atoms with Gasteiger partial charge in [0.1, 0.15) is 23.1 Å². The quantitative estimate of drug-likeness (QED) is 0.342. The number of anilines is 1. The molecular weight excluding hydrogens is 380 g/mol. The molecule has 0 saturated heterocycles. The van der Waals surface area contributed by atoms with Crippen LogP contribution in [0.4, 0.5) is 5.95 Å². The molecule has 1 atom stereocenters. The van der Waals surface area contributed by atoms with Gasteiger partial charge in [-0.3, -0.25) is 4.79 Å². The van der Waals surface area contributed by atoms with Gasteiger partial charge in [-0.05, 0) is 11.8 Å². The normalized spacial score (nSPS) is 11.9. The number of benzene rings is 1. The van der Waals surface area contributed by atoms with Crippen LogP contribution in [0.15, 0.2) is 41.7 Å². The number of amides is 1. The number of nitrogens with zero attached hydrogens (tertiary/aromatic N) is 4. The van der Waals surface area contributed by atoms with Crippen LogP contribution in [0.25, 0.3) is 11.2 Å². The number of hydrogen-bond donors (Lipinski definition) is 2. The van der Waals surface area contributed by atoms with Crippen molar-refractivity contribution < 1.29 is 14.3 Å². The van der Waals surface area contributed by atoms with Crippen LogP contribution >= 0.6 is 11.8 Å². The summed E-state index contributed by atoms with van der Waals surface area (Å²) in [5.74, 6) is -0.770. The Morgan fingerprint density at radius 1 is 1.29 bits per heavy atom. The third kappa shape index (κ3) is 4.39. The van der Waals surface area contributed by atoms with Crippen molar-refractivity contribution in [2.45, 2.75) is 24.0 Å². The average molecular weight is 400 g/mol. The standard InChI is InChI=1S/C18H20N6O3S/c1-27-17(26)12(8-11-6-4-3-5-7-11)21-13(25)9-24-10-20-14-15(24)22-18(19)23-16(14)28-2/h3-7,10,12H,8-9H2,1-2H3,(H,21,25)(H2,19,22,23)/t12-/m1/s1. The summed E-state index contributed by atoms with van der Waals surface area (Å²) in [6.45, 7) is -0.0664. The topological polar surface area (TPSA) is 125 Å². The van der Waals surface area contributed by atoms with Crippen molar-refractivity contribution >= 4 is 40.8 Å². The van der Waals surface area contributed by atoms with Gasteiger partial charge in [0.05, 0.1) is 13.4 Å². The zero-order chi connectivity index (χ0) is 20.1. The van der Waals surface area contributed by atoms with Gasteiger partial charge in [-0.15, -0.1) is 11.8 Å². The zero-order valence-electron chi connectivity index (χ0n) is 15.5. The number of carbonyl (C=O) groups excluding carboxylic acids is 2. The number of esters is 1. The Labute approximate surface area is 165 Å². The molecule has 0 bridgehead atoms. The fourth-order valence-electron chi connectivity index (χ4n) is 2.77. The number of rotatable bonds is 7. The number of nitrogen functional groups attached to an aromatic ring is 1. The number of fused-ring (bicyclic) bond motifs is 1. The van der Waals surface area contributed by atoms with E-state index in [4.69, 9.17) is 10.5 Å². The molecule has 28 heavy (non-hydrogen) atoms. The Morgan fingerprint density at radius 3 is 2.71 bits per heavy atom. The Bertz CT molecular complexity index is 992. The van der Waals surface area contributed by atoms with Crippen molar-refractivity contribution in [3.05, 3.63) is 42.2 Å². The summed E-state index contributed by atoms with van der Waals surface area (Å²) in [5.41, 5.74) is 7.69. The van der Waals surface area contributed by atoms with Crippen LogP contribution in [0.3, 0.4) is 0 Å². The smallest absolute Gasteiger partial charge is 0.328 e. The van der Waals surface area contributed by atoms with Crippen molar-refractivity contribution in [2.75, 3.05) is 19.1 Å². The first-order valence-electron chi connectivity index (χ1n) is 8.45. The summed E-state index contributed by atoms with van der Waals surface area (Å²) in [6.07, 6.45) is 3.69. The summed E-state index contributed by atoms with van der Waals surface area (Å²) in [5, 5.41) is 3.36. The Hall–Kier alpha value is -3.14. The van der Waals surface area contributed by atoms with Crippen LogP contribution in [0.1, 0.15) is 5.56 Å². The van der Waals surface area contributed by atoms with E-state index in [1.165, 1.54) is 25.2 Å². The molecule has 0 spiro atoms. The maximum Gasteiger partial charge on any atom is 0.328 e. The summed E-state index contributed by atoms with van der Waals surface area (Å²) >= 11 is 1.39. The largest absolute Gasteiger partial charge is 0.467 e. The highest BCUT2D eigenvalue weighted by Gasteiger charge is 2.23. The van der Waals surface area contributed by atoms with Gasteiger partial charge in [-0.2, -0.15) is 4.98 Å². The molecule has 3 aromatic rings. The highest BCUT2D eigenvalue weighted by Crippen LogP contribution is 2.22. The van der Waals surface area contributed by atoms with Gasteiger partial charge >= 0.3 is 5.97 Å². The van der Waals surface area contributed by atoms with Crippen molar-refractivity contribution in [2.24, 2.45) is 0 Å². The molecular formula is C18H20N6O3S. The van der Waals surface area contributed by atoms with E-state index >= 15 is 0 Å².